The van der Waals surface area contributed by atoms with E-state index in [0.29, 0.717) is 24.3 Å². The smallest absolute Gasteiger partial charge is 0.206 e. The van der Waals surface area contributed by atoms with Gasteiger partial charge in [0.05, 0.1) is 22.3 Å². The molecule has 3 aromatic carbocycles. The van der Waals surface area contributed by atoms with Crippen LogP contribution in [-0.2, 0) is 24.7 Å². The number of benzene rings is 2. The second-order valence-electron chi connectivity index (χ2n) is 7.01. The lowest BCUT2D eigenvalue weighted by atomic mass is 10.1. The van der Waals surface area contributed by atoms with Crippen LogP contribution in [0.2, 0.25) is 0 Å². The van der Waals surface area contributed by atoms with Gasteiger partial charge >= 0.3 is 24.7 Å². The van der Waals surface area contributed by atoms with E-state index in [1.165, 1.54) is 24.3 Å². The molecule has 0 bridgehead atoms. The molecule has 0 nitrogen and oxygen atoms in total. The largest absolute Gasteiger partial charge is 0.416 e. The Kier molecular flexibility index (Phi) is 6.54. The highest BCUT2D eigenvalue weighted by Gasteiger charge is 2.39. The summed E-state index contributed by atoms with van der Waals surface area (Å²) in [4.78, 5) is 0. The van der Waals surface area contributed by atoms with Gasteiger partial charge in [-0.05, 0) is 47.0 Å². The third kappa shape index (κ3) is 5.71. The van der Waals surface area contributed by atoms with Gasteiger partial charge in [0.2, 0.25) is 0 Å². The molecule has 184 valence electrons. The van der Waals surface area contributed by atoms with Crippen molar-refractivity contribution in [1.82, 2.24) is 0 Å². The summed E-state index contributed by atoms with van der Waals surface area (Å²) in [6, 6.07) is 5.90. The summed E-state index contributed by atoms with van der Waals surface area (Å²) in [5.41, 5.74) is -6.95. The van der Waals surface area contributed by atoms with Gasteiger partial charge in [0.15, 0.2) is 0 Å². The maximum Gasteiger partial charge on any atom is 0.416 e. The third-order valence-electron chi connectivity index (χ3n) is 4.56. The lowest BCUT2D eigenvalue weighted by Crippen LogP contribution is -2.25. The van der Waals surface area contributed by atoms with E-state index in [2.05, 4.69) is 0 Å². The highest BCUT2D eigenvalue weighted by molar-refractivity contribution is 7.79. The highest BCUT2D eigenvalue weighted by Crippen LogP contribution is 2.42. The Morgan fingerprint density at radius 3 is 1.03 bits per heavy atom. The van der Waals surface area contributed by atoms with Gasteiger partial charge in [0.25, 0.3) is 0 Å². The Bertz CT molecular complexity index is 1010. The van der Waals surface area contributed by atoms with Crippen LogP contribution in [0, 0.1) is 0 Å². The second-order valence-corrected chi connectivity index (χ2v) is 9.23. The maximum atomic E-state index is 13.3. The van der Waals surface area contributed by atoms with Gasteiger partial charge in [0.1, 0.15) is 0 Å². The molecule has 0 saturated heterocycles. The van der Waals surface area contributed by atoms with E-state index in [-0.39, 0.29) is 17.4 Å². The van der Waals surface area contributed by atoms with E-state index >= 15 is 0 Å². The molecule has 0 amide bonds. The molecule has 0 heterocycles. The molecule has 0 fully saturated rings. The first-order valence-corrected chi connectivity index (χ1v) is 10.3. The average Bonchev–Trinajstić information content (AvgIpc) is 3.19. The van der Waals surface area contributed by atoms with E-state index in [9.17, 15) is 52.7 Å². The number of rotatable bonds is 3. The molecule has 0 saturated carbocycles. The summed E-state index contributed by atoms with van der Waals surface area (Å²) in [5, 5.41) is -1.46. The predicted octanol–water partition coefficient (Wildman–Crippen LogP) is 7.24. The molecular formula is C21H10F12P-. The predicted molar refractivity (Wildman–Crippen MR) is 101 cm³/mol. The molecular weight excluding hydrogens is 511 g/mol. The quantitative estimate of drug-likeness (QED) is 0.194. The Hall–Kier alpha value is -2.62. The summed E-state index contributed by atoms with van der Waals surface area (Å²) in [6.45, 7) is 0. The van der Waals surface area contributed by atoms with Crippen molar-refractivity contribution in [2.45, 2.75) is 24.7 Å². The van der Waals surface area contributed by atoms with Crippen LogP contribution in [0.25, 0.3) is 0 Å². The van der Waals surface area contributed by atoms with Crippen molar-refractivity contribution in [2.24, 2.45) is 0 Å². The SMILES string of the molecule is FC(F)(F)c1cc(P(c2cc[cH-]c2)c2cc(C(F)(F)F)cc(C(F)(F)F)c2)cc(C(F)(F)F)c1. The molecule has 0 aliphatic rings. The topological polar surface area (TPSA) is 0 Å². The van der Waals surface area contributed by atoms with Crippen LogP contribution in [0.4, 0.5) is 52.7 Å². The molecule has 34 heavy (non-hydrogen) atoms. The van der Waals surface area contributed by atoms with E-state index in [0.717, 1.165) is 0 Å². The first kappa shape index (κ1) is 26.0. The fraction of sp³-hybridized carbons (Fsp3) is 0.190. The minimum absolute atomic E-state index is 0.0325. The van der Waals surface area contributed by atoms with E-state index < -0.39 is 65.5 Å². The van der Waals surface area contributed by atoms with E-state index in [1.54, 1.807) is 0 Å². The van der Waals surface area contributed by atoms with Crippen LogP contribution in [0.1, 0.15) is 22.3 Å². The fourth-order valence-electron chi connectivity index (χ4n) is 3.10. The Morgan fingerprint density at radius 1 is 0.471 bits per heavy atom. The van der Waals surface area contributed by atoms with Crippen LogP contribution in [-0.4, -0.2) is 0 Å². The summed E-state index contributed by atoms with van der Waals surface area (Å²) in [6.07, 6.45) is -21.0. The van der Waals surface area contributed by atoms with Crippen LogP contribution in [0.5, 0.6) is 0 Å². The van der Waals surface area contributed by atoms with Crippen molar-refractivity contribution in [3.8, 4) is 0 Å². The maximum absolute atomic E-state index is 13.3. The van der Waals surface area contributed by atoms with Crippen LogP contribution in [0.15, 0.2) is 60.7 Å². The van der Waals surface area contributed by atoms with Crippen molar-refractivity contribution in [3.63, 3.8) is 0 Å². The van der Waals surface area contributed by atoms with Crippen LogP contribution in [0.3, 0.4) is 0 Å². The molecule has 0 atom stereocenters. The fourth-order valence-corrected chi connectivity index (χ4v) is 5.53. The monoisotopic (exact) mass is 521 g/mol. The summed E-state index contributed by atoms with van der Waals surface area (Å²) in [7, 11) is -2.66. The standard InChI is InChI=1S/C21H10F12P/c22-18(23,24)11-5-12(19(25,26)27)8-16(7-11)34(15-3-1-2-4-15)17-9-13(20(28,29)30)6-14(10-17)21(31,32)33/h1-10H/q-1. The lowest BCUT2D eigenvalue weighted by molar-refractivity contribution is -0.144. The van der Waals surface area contributed by atoms with Crippen LogP contribution >= 0.6 is 7.92 Å². The molecule has 3 rings (SSSR count). The summed E-state index contributed by atoms with van der Waals surface area (Å²) < 4.78 is 160. The molecule has 3 aromatic rings. The minimum atomic E-state index is -5.26. The number of halogens is 12. The zero-order valence-corrected chi connectivity index (χ0v) is 17.2. The normalized spacial score (nSPS) is 13.6. The van der Waals surface area contributed by atoms with Crippen molar-refractivity contribution in [1.29, 1.82) is 0 Å². The van der Waals surface area contributed by atoms with Gasteiger partial charge in [-0.3, -0.25) is 0 Å². The molecule has 0 spiro atoms. The number of hydrogen-bond donors (Lipinski definition) is 0. The summed E-state index contributed by atoms with van der Waals surface area (Å²) >= 11 is 0. The van der Waals surface area contributed by atoms with Crippen molar-refractivity contribution < 1.29 is 52.7 Å². The lowest BCUT2D eigenvalue weighted by Gasteiger charge is -2.27. The zero-order valence-electron chi connectivity index (χ0n) is 16.3. The minimum Gasteiger partial charge on any atom is -0.206 e. The van der Waals surface area contributed by atoms with Gasteiger partial charge in [-0.2, -0.15) is 76.2 Å². The highest BCUT2D eigenvalue weighted by atomic mass is 31.1. The molecule has 0 radical (unpaired) electrons. The van der Waals surface area contributed by atoms with Crippen molar-refractivity contribution >= 4 is 23.8 Å². The first-order chi connectivity index (χ1) is 15.4. The second kappa shape index (κ2) is 8.55. The Labute approximate surface area is 184 Å². The molecule has 0 aliphatic carbocycles. The molecule has 0 aliphatic heterocycles. The van der Waals surface area contributed by atoms with Crippen molar-refractivity contribution in [3.05, 3.63) is 82.9 Å². The number of alkyl halides is 12. The van der Waals surface area contributed by atoms with E-state index in [4.69, 9.17) is 0 Å². The van der Waals surface area contributed by atoms with Gasteiger partial charge in [-0.1, -0.05) is 7.92 Å². The molecule has 0 N–H and O–H groups in total. The Balaban J connectivity index is 2.37. The van der Waals surface area contributed by atoms with Gasteiger partial charge in [-0.15, -0.1) is 0 Å². The number of hydrogen-bond acceptors (Lipinski definition) is 0. The molecule has 0 unspecified atom stereocenters. The third-order valence-corrected chi connectivity index (χ3v) is 6.93. The molecule has 0 aromatic heterocycles. The average molecular weight is 521 g/mol. The molecule has 13 heteroatoms. The van der Waals surface area contributed by atoms with Crippen molar-refractivity contribution in [2.75, 3.05) is 0 Å². The van der Waals surface area contributed by atoms with Gasteiger partial charge in [0, 0.05) is 0 Å². The van der Waals surface area contributed by atoms with E-state index in [1.807, 2.05) is 0 Å². The summed E-state index contributed by atoms with van der Waals surface area (Å²) in [5.74, 6) is 0. The first-order valence-electron chi connectivity index (χ1n) is 8.98. The Morgan fingerprint density at radius 2 is 0.794 bits per heavy atom. The van der Waals surface area contributed by atoms with Crippen LogP contribution < -0.4 is 15.9 Å². The van der Waals surface area contributed by atoms with Gasteiger partial charge in [-0.25, -0.2) is 6.07 Å². The van der Waals surface area contributed by atoms with Gasteiger partial charge < -0.3 is 0 Å². The zero-order chi connectivity index (χ0) is 25.7.